The van der Waals surface area contributed by atoms with Crippen LogP contribution in [0.3, 0.4) is 0 Å². The van der Waals surface area contributed by atoms with Crippen molar-refractivity contribution in [3.8, 4) is 5.75 Å². The molecular weight excluding hydrogens is 240 g/mol. The highest BCUT2D eigenvalue weighted by atomic mass is 16.5. The standard InChI is InChI=1S/C15H18N2O2/c1-17(15(18)11-16)9-10-19-14-8-4-6-12-5-2-3-7-13(12)14/h2-8H,9-11,16H2,1H3. The summed E-state index contributed by atoms with van der Waals surface area (Å²) in [5.41, 5.74) is 5.30. The molecule has 0 aliphatic heterocycles. The number of hydrogen-bond acceptors (Lipinski definition) is 3. The van der Waals surface area contributed by atoms with Gasteiger partial charge in [0.25, 0.3) is 0 Å². The SMILES string of the molecule is CN(CCOc1cccc2ccccc12)C(=O)CN. The number of likely N-dealkylation sites (N-methyl/N-ethyl adjacent to an activating group) is 1. The molecule has 4 nitrogen and oxygen atoms in total. The molecule has 0 aliphatic carbocycles. The van der Waals surface area contributed by atoms with Gasteiger partial charge in [-0.3, -0.25) is 4.79 Å². The van der Waals surface area contributed by atoms with Gasteiger partial charge < -0.3 is 15.4 Å². The van der Waals surface area contributed by atoms with Gasteiger partial charge in [0.15, 0.2) is 0 Å². The summed E-state index contributed by atoms with van der Waals surface area (Å²) in [6, 6.07) is 14.0. The molecule has 0 fully saturated rings. The number of carbonyl (C=O) groups is 1. The molecule has 100 valence electrons. The number of hydrogen-bond donors (Lipinski definition) is 1. The predicted molar refractivity (Wildman–Crippen MR) is 76.1 cm³/mol. The van der Waals surface area contributed by atoms with E-state index in [0.29, 0.717) is 13.2 Å². The Balaban J connectivity index is 2.00. The number of amides is 1. The first-order valence-electron chi connectivity index (χ1n) is 6.27. The van der Waals surface area contributed by atoms with E-state index < -0.39 is 0 Å². The van der Waals surface area contributed by atoms with E-state index >= 15 is 0 Å². The number of carbonyl (C=O) groups excluding carboxylic acids is 1. The summed E-state index contributed by atoms with van der Waals surface area (Å²) in [6.07, 6.45) is 0. The molecule has 0 saturated carbocycles. The summed E-state index contributed by atoms with van der Waals surface area (Å²) < 4.78 is 5.75. The monoisotopic (exact) mass is 258 g/mol. The van der Waals surface area contributed by atoms with Crippen molar-refractivity contribution in [2.75, 3.05) is 26.7 Å². The maximum Gasteiger partial charge on any atom is 0.236 e. The zero-order chi connectivity index (χ0) is 13.7. The quantitative estimate of drug-likeness (QED) is 0.887. The van der Waals surface area contributed by atoms with E-state index in [1.165, 1.54) is 0 Å². The van der Waals surface area contributed by atoms with Crippen LogP contribution in [0.2, 0.25) is 0 Å². The summed E-state index contributed by atoms with van der Waals surface area (Å²) in [6.45, 7) is 1.01. The summed E-state index contributed by atoms with van der Waals surface area (Å²) >= 11 is 0. The van der Waals surface area contributed by atoms with Gasteiger partial charge in [-0.15, -0.1) is 0 Å². The maximum atomic E-state index is 11.3. The molecule has 2 rings (SSSR count). The van der Waals surface area contributed by atoms with Crippen LogP contribution in [0, 0.1) is 0 Å². The van der Waals surface area contributed by atoms with Gasteiger partial charge in [0.05, 0.1) is 13.1 Å². The molecule has 0 spiro atoms. The molecule has 0 aromatic heterocycles. The predicted octanol–water partition coefficient (Wildman–Crippen LogP) is 1.64. The van der Waals surface area contributed by atoms with Crippen LogP contribution in [0.15, 0.2) is 42.5 Å². The van der Waals surface area contributed by atoms with Crippen LogP contribution >= 0.6 is 0 Å². The Morgan fingerprint density at radius 1 is 1.21 bits per heavy atom. The molecule has 0 unspecified atom stereocenters. The van der Waals surface area contributed by atoms with Gasteiger partial charge in [0.1, 0.15) is 12.4 Å². The van der Waals surface area contributed by atoms with Crippen LogP contribution in [0.4, 0.5) is 0 Å². The second kappa shape index (κ2) is 6.20. The van der Waals surface area contributed by atoms with Gasteiger partial charge in [-0.05, 0) is 11.5 Å². The first-order valence-corrected chi connectivity index (χ1v) is 6.27. The Kier molecular flexibility index (Phi) is 4.36. The molecule has 0 atom stereocenters. The van der Waals surface area contributed by atoms with Crippen LogP contribution in [0.5, 0.6) is 5.75 Å². The lowest BCUT2D eigenvalue weighted by molar-refractivity contribution is -0.128. The van der Waals surface area contributed by atoms with Gasteiger partial charge in [0, 0.05) is 12.4 Å². The maximum absolute atomic E-state index is 11.3. The van der Waals surface area contributed by atoms with Crippen LogP contribution in [-0.4, -0.2) is 37.6 Å². The second-order valence-corrected chi connectivity index (χ2v) is 4.35. The van der Waals surface area contributed by atoms with E-state index in [9.17, 15) is 4.79 Å². The average molecular weight is 258 g/mol. The summed E-state index contributed by atoms with van der Waals surface area (Å²) in [4.78, 5) is 12.9. The fourth-order valence-electron chi connectivity index (χ4n) is 1.89. The van der Waals surface area contributed by atoms with E-state index in [2.05, 4.69) is 0 Å². The molecule has 0 aliphatic rings. The lowest BCUT2D eigenvalue weighted by Crippen LogP contribution is -2.35. The van der Waals surface area contributed by atoms with Gasteiger partial charge in [-0.25, -0.2) is 0 Å². The number of nitrogens with zero attached hydrogens (tertiary/aromatic N) is 1. The van der Waals surface area contributed by atoms with Gasteiger partial charge in [0.2, 0.25) is 5.91 Å². The first-order chi connectivity index (χ1) is 9.22. The Bertz CT molecular complexity index is 564. The van der Waals surface area contributed by atoms with Crippen LogP contribution in [0.25, 0.3) is 10.8 Å². The Morgan fingerprint density at radius 2 is 1.95 bits per heavy atom. The van der Waals surface area contributed by atoms with Gasteiger partial charge in [-0.1, -0.05) is 36.4 Å². The summed E-state index contributed by atoms with van der Waals surface area (Å²) in [7, 11) is 1.72. The van der Waals surface area contributed by atoms with Crippen LogP contribution in [-0.2, 0) is 4.79 Å². The zero-order valence-electron chi connectivity index (χ0n) is 11.0. The third-order valence-corrected chi connectivity index (χ3v) is 3.03. The minimum absolute atomic E-state index is 0.0325. The summed E-state index contributed by atoms with van der Waals surface area (Å²) in [5, 5.41) is 2.23. The zero-order valence-corrected chi connectivity index (χ0v) is 11.0. The minimum Gasteiger partial charge on any atom is -0.491 e. The van der Waals surface area contributed by atoms with E-state index in [1.807, 2.05) is 42.5 Å². The molecule has 19 heavy (non-hydrogen) atoms. The molecule has 1 amide bonds. The molecule has 2 N–H and O–H groups in total. The van der Waals surface area contributed by atoms with Crippen molar-refractivity contribution >= 4 is 16.7 Å². The van der Waals surface area contributed by atoms with E-state index in [4.69, 9.17) is 10.5 Å². The molecule has 0 radical (unpaired) electrons. The van der Waals surface area contributed by atoms with E-state index in [1.54, 1.807) is 11.9 Å². The highest BCUT2D eigenvalue weighted by Crippen LogP contribution is 2.24. The Morgan fingerprint density at radius 3 is 2.74 bits per heavy atom. The fraction of sp³-hybridized carbons (Fsp3) is 0.267. The lowest BCUT2D eigenvalue weighted by Gasteiger charge is -2.17. The number of rotatable bonds is 5. The average Bonchev–Trinajstić information content (AvgIpc) is 2.46. The Hall–Kier alpha value is -2.07. The van der Waals surface area contributed by atoms with Crippen molar-refractivity contribution in [1.29, 1.82) is 0 Å². The lowest BCUT2D eigenvalue weighted by atomic mass is 10.1. The summed E-state index contributed by atoms with van der Waals surface area (Å²) in [5.74, 6) is 0.758. The highest BCUT2D eigenvalue weighted by molar-refractivity contribution is 5.88. The topological polar surface area (TPSA) is 55.6 Å². The highest BCUT2D eigenvalue weighted by Gasteiger charge is 2.06. The number of ether oxygens (including phenoxy) is 1. The fourth-order valence-corrected chi connectivity index (χ4v) is 1.89. The molecule has 4 heteroatoms. The number of nitrogens with two attached hydrogens (primary N) is 1. The van der Waals surface area contributed by atoms with Crippen molar-refractivity contribution in [2.45, 2.75) is 0 Å². The number of fused-ring (bicyclic) bond motifs is 1. The van der Waals surface area contributed by atoms with Crippen LogP contribution < -0.4 is 10.5 Å². The molecule has 2 aromatic rings. The van der Waals surface area contributed by atoms with Crippen molar-refractivity contribution < 1.29 is 9.53 Å². The van der Waals surface area contributed by atoms with Crippen molar-refractivity contribution in [2.24, 2.45) is 5.73 Å². The molecule has 0 heterocycles. The third-order valence-electron chi connectivity index (χ3n) is 3.03. The molecular formula is C15H18N2O2. The van der Waals surface area contributed by atoms with Crippen molar-refractivity contribution in [1.82, 2.24) is 4.90 Å². The van der Waals surface area contributed by atoms with Crippen molar-refractivity contribution in [3.63, 3.8) is 0 Å². The molecule has 0 saturated heterocycles. The van der Waals surface area contributed by atoms with E-state index in [0.717, 1.165) is 16.5 Å². The first kappa shape index (κ1) is 13.4. The van der Waals surface area contributed by atoms with Crippen molar-refractivity contribution in [3.05, 3.63) is 42.5 Å². The van der Waals surface area contributed by atoms with E-state index in [-0.39, 0.29) is 12.5 Å². The van der Waals surface area contributed by atoms with Gasteiger partial charge in [-0.2, -0.15) is 0 Å². The van der Waals surface area contributed by atoms with Gasteiger partial charge >= 0.3 is 0 Å². The molecule has 2 aromatic carbocycles. The number of benzene rings is 2. The van der Waals surface area contributed by atoms with Crippen LogP contribution in [0.1, 0.15) is 0 Å². The minimum atomic E-state index is -0.0819. The largest absolute Gasteiger partial charge is 0.491 e. The normalized spacial score (nSPS) is 10.4. The molecule has 0 bridgehead atoms. The Labute approximate surface area is 112 Å². The smallest absolute Gasteiger partial charge is 0.236 e. The third kappa shape index (κ3) is 3.23. The second-order valence-electron chi connectivity index (χ2n) is 4.35.